The highest BCUT2D eigenvalue weighted by Gasteiger charge is 2.42. The minimum atomic E-state index is -1.16. The van der Waals surface area contributed by atoms with E-state index in [1.54, 1.807) is 17.0 Å². The first kappa shape index (κ1) is 30.3. The first-order valence-corrected chi connectivity index (χ1v) is 13.9. The highest BCUT2D eigenvalue weighted by molar-refractivity contribution is 14.1. The number of amides is 2. The average Bonchev–Trinajstić information content (AvgIpc) is 3.40. The summed E-state index contributed by atoms with van der Waals surface area (Å²) < 4.78 is 18.1. The summed E-state index contributed by atoms with van der Waals surface area (Å²) in [7, 11) is 1.45. The summed E-state index contributed by atoms with van der Waals surface area (Å²) in [5, 5.41) is 23.4. The van der Waals surface area contributed by atoms with E-state index in [9.17, 15) is 24.6 Å². The van der Waals surface area contributed by atoms with Crippen LogP contribution in [-0.4, -0.2) is 91.0 Å². The summed E-state index contributed by atoms with van der Waals surface area (Å²) in [6, 6.07) is 2.42. The molecule has 3 rings (SSSR count). The number of halogens is 1. The van der Waals surface area contributed by atoms with Gasteiger partial charge in [-0.1, -0.05) is 13.8 Å². The van der Waals surface area contributed by atoms with E-state index in [4.69, 9.17) is 14.2 Å². The van der Waals surface area contributed by atoms with E-state index in [2.05, 4.69) is 5.32 Å². The lowest BCUT2D eigenvalue weighted by Crippen LogP contribution is -2.56. The van der Waals surface area contributed by atoms with Gasteiger partial charge in [0, 0.05) is 43.7 Å². The second-order valence-electron chi connectivity index (χ2n) is 9.95. The molecule has 0 radical (unpaired) electrons. The van der Waals surface area contributed by atoms with Crippen LogP contribution in [-0.2, 0) is 14.3 Å². The van der Waals surface area contributed by atoms with Gasteiger partial charge >= 0.3 is 0 Å². The van der Waals surface area contributed by atoms with Crippen LogP contribution in [0, 0.1) is 9.49 Å². The lowest BCUT2D eigenvalue weighted by Gasteiger charge is -2.41. The Labute approximate surface area is 236 Å². The number of aldehydes is 1. The Bertz CT molecular complexity index is 1020. The Kier molecular flexibility index (Phi) is 11.4. The van der Waals surface area contributed by atoms with Gasteiger partial charge in [0.25, 0.3) is 0 Å². The fraction of sp³-hybridized carbons (Fsp3) is 0.593. The molecule has 0 bridgehead atoms. The second kappa shape index (κ2) is 14.2. The van der Waals surface area contributed by atoms with Crippen LogP contribution in [0.25, 0.3) is 0 Å². The van der Waals surface area contributed by atoms with Crippen LogP contribution < -0.4 is 14.8 Å². The number of nitrogens with zero attached hydrogens (tertiary/aromatic N) is 1. The molecule has 1 aliphatic carbocycles. The highest BCUT2D eigenvalue weighted by Crippen LogP contribution is 2.37. The van der Waals surface area contributed by atoms with Gasteiger partial charge in [-0.3, -0.25) is 14.4 Å². The Morgan fingerprint density at radius 1 is 1.34 bits per heavy atom. The summed E-state index contributed by atoms with van der Waals surface area (Å²) >= 11 is 2.02. The van der Waals surface area contributed by atoms with Crippen LogP contribution in [0.2, 0.25) is 0 Å². The summed E-state index contributed by atoms with van der Waals surface area (Å²) in [6.45, 7) is 4.69. The van der Waals surface area contributed by atoms with Gasteiger partial charge in [-0.2, -0.15) is 0 Å². The number of aliphatic hydroxyl groups is 2. The molecule has 11 heteroatoms. The van der Waals surface area contributed by atoms with Crippen molar-refractivity contribution in [2.45, 2.75) is 63.9 Å². The molecule has 1 fully saturated rings. The van der Waals surface area contributed by atoms with Crippen LogP contribution in [0.4, 0.5) is 0 Å². The normalized spacial score (nSPS) is 23.1. The molecule has 1 aromatic rings. The molecular weight excluding hydrogens is 607 g/mol. The van der Waals surface area contributed by atoms with E-state index in [-0.39, 0.29) is 43.9 Å². The number of carbonyl (C=O) groups is 3. The molecule has 1 heterocycles. The van der Waals surface area contributed by atoms with E-state index in [0.717, 1.165) is 12.8 Å². The van der Waals surface area contributed by atoms with Crippen molar-refractivity contribution in [1.82, 2.24) is 10.2 Å². The van der Waals surface area contributed by atoms with E-state index >= 15 is 0 Å². The van der Waals surface area contributed by atoms with Crippen LogP contribution in [0.5, 0.6) is 11.5 Å². The maximum absolute atomic E-state index is 13.4. The Morgan fingerprint density at radius 2 is 2.11 bits per heavy atom. The number of nitrogens with one attached hydrogen (secondary N) is 1. The standard InChI is InChI=1S/C27H37IN2O8/c1-16(2)9-24(33)30(14-19-5-4-8-37-19)21-12-18(27(35)29-6-7-31)13-22(25(21)34)38-26-20(28)10-17(15-32)11-23(26)36-3/h10-11,13,15-16,19,21-22,25,31,34H,4-9,12,14H2,1-3H3,(H,29,35)/t19-,21+,22-,25-/m0/s1. The zero-order valence-corrected chi connectivity index (χ0v) is 24.2. The molecule has 0 saturated carbocycles. The highest BCUT2D eigenvalue weighted by atomic mass is 127. The Morgan fingerprint density at radius 3 is 2.71 bits per heavy atom. The molecule has 210 valence electrons. The lowest BCUT2D eigenvalue weighted by atomic mass is 9.87. The first-order valence-electron chi connectivity index (χ1n) is 12.9. The summed E-state index contributed by atoms with van der Waals surface area (Å²) in [5.41, 5.74) is 0.745. The first-order chi connectivity index (χ1) is 18.2. The molecular formula is C27H37IN2O8. The average molecular weight is 645 g/mol. The van der Waals surface area contributed by atoms with Crippen molar-refractivity contribution in [3.63, 3.8) is 0 Å². The molecule has 1 aliphatic heterocycles. The van der Waals surface area contributed by atoms with Gasteiger partial charge in [0.1, 0.15) is 18.5 Å². The van der Waals surface area contributed by atoms with Crippen molar-refractivity contribution < 1.29 is 38.8 Å². The van der Waals surface area contributed by atoms with Crippen molar-refractivity contribution in [3.8, 4) is 11.5 Å². The Hall–Kier alpha value is -2.22. The maximum Gasteiger partial charge on any atom is 0.247 e. The predicted molar refractivity (Wildman–Crippen MR) is 148 cm³/mol. The van der Waals surface area contributed by atoms with Gasteiger partial charge in [-0.15, -0.1) is 0 Å². The molecule has 2 aliphatic rings. The van der Waals surface area contributed by atoms with E-state index in [1.807, 2.05) is 36.4 Å². The van der Waals surface area contributed by atoms with Crippen molar-refractivity contribution in [2.75, 3.05) is 33.4 Å². The van der Waals surface area contributed by atoms with Gasteiger partial charge in [-0.25, -0.2) is 0 Å². The van der Waals surface area contributed by atoms with Crippen LogP contribution >= 0.6 is 22.6 Å². The van der Waals surface area contributed by atoms with Crippen molar-refractivity contribution >= 4 is 40.7 Å². The smallest absolute Gasteiger partial charge is 0.247 e. The number of carbonyl (C=O) groups excluding carboxylic acids is 3. The number of benzene rings is 1. The fourth-order valence-corrected chi connectivity index (χ4v) is 5.49. The van der Waals surface area contributed by atoms with Gasteiger partial charge in [0.05, 0.1) is 29.4 Å². The number of ether oxygens (including phenoxy) is 3. The maximum atomic E-state index is 13.4. The number of rotatable bonds is 12. The zero-order valence-electron chi connectivity index (χ0n) is 22.0. The number of hydrogen-bond acceptors (Lipinski definition) is 8. The van der Waals surface area contributed by atoms with E-state index < -0.39 is 24.2 Å². The minimum absolute atomic E-state index is 0.0692. The van der Waals surface area contributed by atoms with Gasteiger partial charge in [-0.05, 0) is 59.6 Å². The summed E-state index contributed by atoms with van der Waals surface area (Å²) in [6.07, 6.45) is 2.07. The molecule has 1 aromatic carbocycles. The van der Waals surface area contributed by atoms with Crippen molar-refractivity contribution in [3.05, 3.63) is 32.9 Å². The molecule has 10 nitrogen and oxygen atoms in total. The predicted octanol–water partition coefficient (Wildman–Crippen LogP) is 2.08. The summed E-state index contributed by atoms with van der Waals surface area (Å²) in [5.74, 6) is 0.190. The monoisotopic (exact) mass is 644 g/mol. The third kappa shape index (κ3) is 7.67. The van der Waals surface area contributed by atoms with E-state index in [1.165, 1.54) is 13.2 Å². The molecule has 2 amide bonds. The largest absolute Gasteiger partial charge is 0.493 e. The molecule has 0 spiro atoms. The van der Waals surface area contributed by atoms with Crippen LogP contribution in [0.15, 0.2) is 23.8 Å². The van der Waals surface area contributed by atoms with E-state index in [0.29, 0.717) is 45.6 Å². The number of methoxy groups -OCH3 is 1. The number of hydrogen-bond donors (Lipinski definition) is 3. The third-order valence-corrected chi connectivity index (χ3v) is 7.39. The van der Waals surface area contributed by atoms with Crippen LogP contribution in [0.3, 0.4) is 0 Å². The second-order valence-corrected chi connectivity index (χ2v) is 11.1. The molecule has 4 atom stereocenters. The van der Waals surface area contributed by atoms with Gasteiger partial charge in [0.2, 0.25) is 11.8 Å². The topological polar surface area (TPSA) is 135 Å². The quantitative estimate of drug-likeness (QED) is 0.233. The van der Waals surface area contributed by atoms with Gasteiger partial charge < -0.3 is 34.6 Å². The van der Waals surface area contributed by atoms with Crippen molar-refractivity contribution in [1.29, 1.82) is 0 Å². The molecule has 38 heavy (non-hydrogen) atoms. The summed E-state index contributed by atoms with van der Waals surface area (Å²) in [4.78, 5) is 39.4. The third-order valence-electron chi connectivity index (χ3n) is 6.58. The molecule has 3 N–H and O–H groups in total. The van der Waals surface area contributed by atoms with Crippen molar-refractivity contribution in [2.24, 2.45) is 5.92 Å². The molecule has 0 unspecified atom stereocenters. The van der Waals surface area contributed by atoms with Gasteiger partial charge in [0.15, 0.2) is 11.5 Å². The zero-order chi connectivity index (χ0) is 27.8. The minimum Gasteiger partial charge on any atom is -0.493 e. The fourth-order valence-electron chi connectivity index (χ4n) is 4.73. The SMILES string of the molecule is COc1cc(C=O)cc(I)c1O[C@H]1C=C(C(=O)NCCO)C[C@@H](N(C[C@@H]2CCCO2)C(=O)CC(C)C)[C@@H]1O. The van der Waals surface area contributed by atoms with Crippen LogP contribution in [0.1, 0.15) is 49.9 Å². The molecule has 0 aromatic heterocycles. The Balaban J connectivity index is 1.99. The number of aliphatic hydroxyl groups excluding tert-OH is 2. The molecule has 1 saturated heterocycles. The lowest BCUT2D eigenvalue weighted by molar-refractivity contribution is -0.141.